The quantitative estimate of drug-likeness (QED) is 0.737. The Morgan fingerprint density at radius 3 is 2.74 bits per heavy atom. The minimum Gasteiger partial charge on any atom is -0.483 e. The predicted molar refractivity (Wildman–Crippen MR) is 101 cm³/mol. The molecule has 0 atom stereocenters. The van der Waals surface area contributed by atoms with E-state index in [1.807, 2.05) is 0 Å². The van der Waals surface area contributed by atoms with Gasteiger partial charge in [-0.25, -0.2) is 4.39 Å². The number of nitrogens with one attached hydrogen (secondary N) is 2. The maximum atomic E-state index is 13.6. The van der Waals surface area contributed by atoms with E-state index in [9.17, 15) is 18.8 Å². The van der Waals surface area contributed by atoms with Gasteiger partial charge in [0, 0.05) is 10.6 Å². The molecule has 0 aliphatic carbocycles. The number of hydrogen-bond donors (Lipinski definition) is 2. The molecule has 1 heterocycles. The summed E-state index contributed by atoms with van der Waals surface area (Å²) >= 11 is 6.73. The Labute approximate surface area is 162 Å². The fourth-order valence-electron chi connectivity index (χ4n) is 2.22. The van der Waals surface area contributed by atoms with Crippen molar-refractivity contribution in [3.8, 4) is 5.75 Å². The van der Waals surface area contributed by atoms with Crippen LogP contribution in [0.3, 0.4) is 0 Å². The molecule has 2 aromatic rings. The number of rotatable bonds is 5. The zero-order chi connectivity index (χ0) is 19.4. The summed E-state index contributed by atoms with van der Waals surface area (Å²) in [5.41, 5.74) is 0.468. The van der Waals surface area contributed by atoms with Crippen LogP contribution in [0.25, 0.3) is 6.08 Å². The lowest BCUT2D eigenvalue weighted by molar-refractivity contribution is -0.118. The van der Waals surface area contributed by atoms with Gasteiger partial charge in [0.05, 0.1) is 10.6 Å². The Hall–Kier alpha value is -2.84. The zero-order valence-electron chi connectivity index (χ0n) is 13.6. The summed E-state index contributed by atoms with van der Waals surface area (Å²) in [5, 5.41) is 4.47. The molecule has 3 rings (SSSR count). The fourth-order valence-corrected chi connectivity index (χ4v) is 3.07. The van der Waals surface area contributed by atoms with Crippen molar-refractivity contribution >= 4 is 52.2 Å². The van der Waals surface area contributed by atoms with Crippen LogP contribution in [-0.2, 0) is 9.59 Å². The Balaban J connectivity index is 1.73. The Morgan fingerprint density at radius 1 is 1.26 bits per heavy atom. The molecule has 1 aliphatic rings. The third-order valence-electron chi connectivity index (χ3n) is 3.41. The summed E-state index contributed by atoms with van der Waals surface area (Å²) in [7, 11) is 0. The van der Waals surface area contributed by atoms with Crippen LogP contribution in [0.5, 0.6) is 5.75 Å². The Bertz CT molecular complexity index is 964. The lowest BCUT2D eigenvalue weighted by Gasteiger charge is -2.11. The van der Waals surface area contributed by atoms with Crippen molar-refractivity contribution in [3.63, 3.8) is 0 Å². The standard InChI is InChI=1S/C18H12ClFN2O4S/c19-11-5-6-14(10(7-11)8-15-17(24)22-18(25)27-15)26-9-16(23)21-13-4-2-1-3-12(13)20/h1-8H,9H2,(H,21,23)(H,22,24,25)/b15-8-. The van der Waals surface area contributed by atoms with Gasteiger partial charge in [0.2, 0.25) is 0 Å². The molecule has 0 unspecified atom stereocenters. The van der Waals surface area contributed by atoms with Gasteiger partial charge < -0.3 is 10.1 Å². The van der Waals surface area contributed by atoms with E-state index in [0.717, 1.165) is 11.8 Å². The largest absolute Gasteiger partial charge is 0.483 e. The highest BCUT2D eigenvalue weighted by molar-refractivity contribution is 8.18. The van der Waals surface area contributed by atoms with Crippen LogP contribution >= 0.6 is 23.4 Å². The molecule has 1 aliphatic heterocycles. The number of carbonyl (C=O) groups excluding carboxylic acids is 3. The number of ether oxygens (including phenoxy) is 1. The number of thioether (sulfide) groups is 1. The summed E-state index contributed by atoms with van der Waals surface area (Å²) in [5.74, 6) is -1.36. The lowest BCUT2D eigenvalue weighted by atomic mass is 10.2. The van der Waals surface area contributed by atoms with Crippen molar-refractivity contribution in [1.82, 2.24) is 5.32 Å². The van der Waals surface area contributed by atoms with Crippen LogP contribution in [0.1, 0.15) is 5.56 Å². The van der Waals surface area contributed by atoms with E-state index in [2.05, 4.69) is 10.6 Å². The summed E-state index contributed by atoms with van der Waals surface area (Å²) in [4.78, 5) is 35.1. The van der Waals surface area contributed by atoms with Crippen molar-refractivity contribution in [3.05, 3.63) is 63.8 Å². The molecular formula is C18H12ClFN2O4S. The number of para-hydroxylation sites is 1. The number of halogens is 2. The zero-order valence-corrected chi connectivity index (χ0v) is 15.2. The van der Waals surface area contributed by atoms with Crippen molar-refractivity contribution in [1.29, 1.82) is 0 Å². The molecule has 0 aromatic heterocycles. The van der Waals surface area contributed by atoms with Gasteiger partial charge in [-0.2, -0.15) is 0 Å². The van der Waals surface area contributed by atoms with Crippen molar-refractivity contribution in [2.75, 3.05) is 11.9 Å². The molecule has 0 radical (unpaired) electrons. The molecule has 0 bridgehead atoms. The number of imide groups is 1. The van der Waals surface area contributed by atoms with E-state index in [1.54, 1.807) is 12.1 Å². The van der Waals surface area contributed by atoms with Crippen LogP contribution in [-0.4, -0.2) is 23.7 Å². The number of benzene rings is 2. The first kappa shape index (κ1) is 18.9. The number of hydrogen-bond acceptors (Lipinski definition) is 5. The first-order valence-electron chi connectivity index (χ1n) is 7.64. The minimum atomic E-state index is -0.559. The van der Waals surface area contributed by atoms with Gasteiger partial charge in [0.1, 0.15) is 11.6 Å². The van der Waals surface area contributed by atoms with E-state index in [-0.39, 0.29) is 22.9 Å². The normalized spacial score (nSPS) is 15.0. The smallest absolute Gasteiger partial charge is 0.290 e. The number of carbonyl (C=O) groups is 3. The van der Waals surface area contributed by atoms with Crippen LogP contribution in [0.2, 0.25) is 5.02 Å². The molecule has 9 heteroatoms. The highest BCUT2D eigenvalue weighted by Crippen LogP contribution is 2.30. The van der Waals surface area contributed by atoms with E-state index in [1.165, 1.54) is 36.4 Å². The summed E-state index contributed by atoms with van der Waals surface area (Å²) < 4.78 is 19.0. The summed E-state index contributed by atoms with van der Waals surface area (Å²) in [6.07, 6.45) is 1.45. The van der Waals surface area contributed by atoms with Gasteiger partial charge in [-0.1, -0.05) is 23.7 Å². The first-order valence-corrected chi connectivity index (χ1v) is 8.83. The molecule has 1 fully saturated rings. The van der Waals surface area contributed by atoms with Crippen LogP contribution in [0.4, 0.5) is 14.9 Å². The lowest BCUT2D eigenvalue weighted by Crippen LogP contribution is -2.21. The molecular weight excluding hydrogens is 395 g/mol. The van der Waals surface area contributed by atoms with E-state index >= 15 is 0 Å². The second-order valence-electron chi connectivity index (χ2n) is 5.35. The van der Waals surface area contributed by atoms with Gasteiger partial charge in [-0.15, -0.1) is 0 Å². The second-order valence-corrected chi connectivity index (χ2v) is 6.80. The van der Waals surface area contributed by atoms with Gasteiger partial charge >= 0.3 is 0 Å². The number of anilines is 1. The van der Waals surface area contributed by atoms with Crippen LogP contribution in [0.15, 0.2) is 47.4 Å². The monoisotopic (exact) mass is 406 g/mol. The molecule has 27 heavy (non-hydrogen) atoms. The average molecular weight is 407 g/mol. The average Bonchev–Trinajstić information content (AvgIpc) is 2.93. The summed E-state index contributed by atoms with van der Waals surface area (Å²) in [6.45, 7) is -0.385. The Morgan fingerprint density at radius 2 is 2.04 bits per heavy atom. The second kappa shape index (κ2) is 8.24. The topological polar surface area (TPSA) is 84.5 Å². The van der Waals surface area contributed by atoms with Crippen LogP contribution < -0.4 is 15.4 Å². The third kappa shape index (κ3) is 4.87. The molecule has 2 N–H and O–H groups in total. The fraction of sp³-hybridized carbons (Fsp3) is 0.0556. The first-order chi connectivity index (χ1) is 12.9. The van der Waals surface area contributed by atoms with E-state index in [4.69, 9.17) is 16.3 Å². The SMILES string of the molecule is O=C(COc1ccc(Cl)cc1/C=C1\SC(=O)NC1=O)Nc1ccccc1F. The third-order valence-corrected chi connectivity index (χ3v) is 4.45. The maximum Gasteiger partial charge on any atom is 0.290 e. The molecule has 6 nitrogen and oxygen atoms in total. The van der Waals surface area contributed by atoms with Crippen molar-refractivity contribution in [2.45, 2.75) is 0 Å². The van der Waals surface area contributed by atoms with Crippen molar-refractivity contribution < 1.29 is 23.5 Å². The minimum absolute atomic E-state index is 0.0436. The van der Waals surface area contributed by atoms with Gasteiger partial charge in [-0.05, 0) is 48.2 Å². The Kier molecular flexibility index (Phi) is 5.78. The highest BCUT2D eigenvalue weighted by Gasteiger charge is 2.25. The maximum absolute atomic E-state index is 13.6. The molecule has 138 valence electrons. The molecule has 3 amide bonds. The van der Waals surface area contributed by atoms with Crippen molar-refractivity contribution in [2.24, 2.45) is 0 Å². The molecule has 1 saturated heterocycles. The van der Waals surface area contributed by atoms with Crippen LogP contribution in [0, 0.1) is 5.82 Å². The number of amides is 3. The van der Waals surface area contributed by atoms with Gasteiger partial charge in [0.15, 0.2) is 6.61 Å². The molecule has 2 aromatic carbocycles. The van der Waals surface area contributed by atoms with E-state index < -0.39 is 22.9 Å². The van der Waals surface area contributed by atoms with Gasteiger partial charge in [-0.3, -0.25) is 19.7 Å². The molecule has 0 spiro atoms. The molecule has 0 saturated carbocycles. The van der Waals surface area contributed by atoms with E-state index in [0.29, 0.717) is 10.6 Å². The highest BCUT2D eigenvalue weighted by atomic mass is 35.5. The predicted octanol–water partition coefficient (Wildman–Crippen LogP) is 3.82. The van der Waals surface area contributed by atoms with Gasteiger partial charge in [0.25, 0.3) is 17.1 Å². The summed E-state index contributed by atoms with van der Waals surface area (Å²) in [6, 6.07) is 10.4.